The van der Waals surface area contributed by atoms with Crippen LogP contribution in [0, 0.1) is 0 Å². The lowest BCUT2D eigenvalue weighted by molar-refractivity contribution is 0.0937. The van der Waals surface area contributed by atoms with E-state index in [1.807, 2.05) is 54.6 Å². The van der Waals surface area contributed by atoms with Crippen molar-refractivity contribution in [3.63, 3.8) is 0 Å². The van der Waals surface area contributed by atoms with Gasteiger partial charge in [0.25, 0.3) is 5.91 Å². The average molecular weight is 374 g/mol. The predicted molar refractivity (Wildman–Crippen MR) is 103 cm³/mol. The van der Waals surface area contributed by atoms with Crippen molar-refractivity contribution >= 4 is 5.91 Å². The predicted octanol–water partition coefficient (Wildman–Crippen LogP) is 3.47. The largest absolute Gasteiger partial charge is 0.497 e. The van der Waals surface area contributed by atoms with Gasteiger partial charge in [-0.05, 0) is 36.4 Å². The zero-order valence-corrected chi connectivity index (χ0v) is 15.2. The van der Waals surface area contributed by atoms with Gasteiger partial charge in [-0.15, -0.1) is 5.10 Å². The Kier molecular flexibility index (Phi) is 4.88. The van der Waals surface area contributed by atoms with Gasteiger partial charge in [0.1, 0.15) is 11.5 Å². The number of nitrogens with zero attached hydrogens (tertiary/aromatic N) is 3. The molecule has 140 valence electrons. The Morgan fingerprint density at radius 1 is 1.11 bits per heavy atom. The normalized spacial score (nSPS) is 10.6. The highest BCUT2D eigenvalue weighted by Gasteiger charge is 2.19. The van der Waals surface area contributed by atoms with Crippen LogP contribution in [-0.4, -0.2) is 27.8 Å². The fraction of sp³-hybridized carbons (Fsp3) is 0.0952. The highest BCUT2D eigenvalue weighted by atomic mass is 16.5. The molecule has 1 amide bonds. The Balaban J connectivity index is 1.70. The molecule has 0 spiro atoms. The van der Waals surface area contributed by atoms with E-state index >= 15 is 0 Å². The van der Waals surface area contributed by atoms with Gasteiger partial charge in [-0.25, -0.2) is 9.67 Å². The Labute approximate surface area is 161 Å². The molecular formula is C21H18N4O3. The van der Waals surface area contributed by atoms with Gasteiger partial charge in [0.05, 0.1) is 25.6 Å². The number of para-hydroxylation sites is 1. The second-order valence-electron chi connectivity index (χ2n) is 6.00. The summed E-state index contributed by atoms with van der Waals surface area (Å²) in [6.45, 7) is 0.264. The van der Waals surface area contributed by atoms with Crippen molar-refractivity contribution in [3.8, 4) is 22.8 Å². The number of ether oxygens (including phenoxy) is 1. The molecule has 2 aromatic carbocycles. The molecule has 2 aromatic heterocycles. The summed E-state index contributed by atoms with van der Waals surface area (Å²) in [6.07, 6.45) is 1.56. The maximum absolute atomic E-state index is 12.6. The molecule has 0 saturated heterocycles. The minimum Gasteiger partial charge on any atom is -0.497 e. The lowest BCUT2D eigenvalue weighted by Gasteiger charge is -2.07. The third-order valence-electron chi connectivity index (χ3n) is 4.14. The van der Waals surface area contributed by atoms with Crippen LogP contribution < -0.4 is 10.1 Å². The monoisotopic (exact) mass is 374 g/mol. The summed E-state index contributed by atoms with van der Waals surface area (Å²) in [4.78, 5) is 17.1. The molecule has 7 heteroatoms. The summed E-state index contributed by atoms with van der Waals surface area (Å²) in [7, 11) is 1.61. The second-order valence-corrected chi connectivity index (χ2v) is 6.00. The van der Waals surface area contributed by atoms with Crippen molar-refractivity contribution in [3.05, 3.63) is 84.6 Å². The second kappa shape index (κ2) is 7.79. The van der Waals surface area contributed by atoms with Crippen LogP contribution in [0.5, 0.6) is 5.75 Å². The van der Waals surface area contributed by atoms with Crippen molar-refractivity contribution < 1.29 is 13.9 Å². The van der Waals surface area contributed by atoms with Crippen LogP contribution in [0.25, 0.3) is 17.1 Å². The molecular weight excluding hydrogens is 356 g/mol. The molecule has 0 saturated carbocycles. The lowest BCUT2D eigenvalue weighted by Crippen LogP contribution is -2.24. The van der Waals surface area contributed by atoms with Crippen molar-refractivity contribution in [2.75, 3.05) is 7.11 Å². The van der Waals surface area contributed by atoms with Gasteiger partial charge in [0.2, 0.25) is 5.82 Å². The molecule has 0 bridgehead atoms. The minimum atomic E-state index is -0.379. The Morgan fingerprint density at radius 3 is 2.71 bits per heavy atom. The maximum Gasteiger partial charge on any atom is 0.291 e. The van der Waals surface area contributed by atoms with Crippen LogP contribution in [0.3, 0.4) is 0 Å². The van der Waals surface area contributed by atoms with Crippen LogP contribution in [0.2, 0.25) is 0 Å². The topological polar surface area (TPSA) is 82.2 Å². The van der Waals surface area contributed by atoms with E-state index in [1.165, 1.54) is 0 Å². The number of benzene rings is 2. The summed E-state index contributed by atoms with van der Waals surface area (Å²) in [5.74, 6) is 1.60. The Morgan fingerprint density at radius 2 is 1.96 bits per heavy atom. The van der Waals surface area contributed by atoms with E-state index in [4.69, 9.17) is 9.15 Å². The molecule has 4 rings (SSSR count). The van der Waals surface area contributed by atoms with E-state index in [0.717, 1.165) is 11.3 Å². The van der Waals surface area contributed by atoms with E-state index in [0.29, 0.717) is 17.3 Å². The number of aromatic nitrogens is 3. The Hall–Kier alpha value is -3.87. The molecule has 0 aliphatic carbocycles. The van der Waals surface area contributed by atoms with Crippen molar-refractivity contribution in [1.29, 1.82) is 0 Å². The third kappa shape index (κ3) is 3.64. The highest BCUT2D eigenvalue weighted by Crippen LogP contribution is 2.24. The molecule has 2 heterocycles. The molecule has 0 aliphatic rings. The molecule has 0 atom stereocenters. The van der Waals surface area contributed by atoms with E-state index in [1.54, 1.807) is 30.2 Å². The molecule has 0 unspecified atom stereocenters. The number of amides is 1. The molecule has 1 N–H and O–H groups in total. The van der Waals surface area contributed by atoms with E-state index in [-0.39, 0.29) is 18.3 Å². The first-order valence-electron chi connectivity index (χ1n) is 8.72. The molecule has 0 aliphatic heterocycles. The van der Waals surface area contributed by atoms with E-state index in [2.05, 4.69) is 15.4 Å². The number of furan rings is 1. The molecule has 0 radical (unpaired) electrons. The number of rotatable bonds is 6. The number of carbonyl (C=O) groups excluding carboxylic acids is 1. The first-order chi connectivity index (χ1) is 13.7. The van der Waals surface area contributed by atoms with Gasteiger partial charge < -0.3 is 14.5 Å². The quantitative estimate of drug-likeness (QED) is 0.559. The van der Waals surface area contributed by atoms with Crippen LogP contribution in [0.4, 0.5) is 0 Å². The standard InChI is InChI=1S/C21H18N4O3/c1-27-17-10-5-7-15(13-17)20-23-19(21(26)22-14-18-11-6-12-28-18)24-25(20)16-8-3-2-4-9-16/h2-13H,14H2,1H3,(H,22,26). The van der Waals surface area contributed by atoms with Crippen molar-refractivity contribution in [2.45, 2.75) is 6.54 Å². The zero-order chi connectivity index (χ0) is 19.3. The zero-order valence-electron chi connectivity index (χ0n) is 15.2. The first kappa shape index (κ1) is 17.5. The van der Waals surface area contributed by atoms with Gasteiger partial charge in [0, 0.05) is 5.56 Å². The van der Waals surface area contributed by atoms with E-state index < -0.39 is 0 Å². The van der Waals surface area contributed by atoms with Gasteiger partial charge in [-0.2, -0.15) is 0 Å². The van der Waals surface area contributed by atoms with Crippen LogP contribution in [0.1, 0.15) is 16.4 Å². The van der Waals surface area contributed by atoms with Crippen LogP contribution in [-0.2, 0) is 6.54 Å². The molecule has 4 aromatic rings. The summed E-state index contributed by atoms with van der Waals surface area (Å²) in [6, 6.07) is 20.6. The third-order valence-corrected chi connectivity index (χ3v) is 4.14. The SMILES string of the molecule is COc1cccc(-c2nc(C(=O)NCc3ccco3)nn2-c2ccccc2)c1. The number of methoxy groups -OCH3 is 1. The average Bonchev–Trinajstić information content (AvgIpc) is 3.43. The highest BCUT2D eigenvalue weighted by molar-refractivity contribution is 5.91. The summed E-state index contributed by atoms with van der Waals surface area (Å²) in [5, 5.41) is 7.21. The summed E-state index contributed by atoms with van der Waals surface area (Å²) in [5.41, 5.74) is 1.60. The van der Waals surface area contributed by atoms with Crippen LogP contribution in [0.15, 0.2) is 77.4 Å². The van der Waals surface area contributed by atoms with Gasteiger partial charge in [0.15, 0.2) is 5.82 Å². The first-order valence-corrected chi connectivity index (χ1v) is 8.72. The van der Waals surface area contributed by atoms with E-state index in [9.17, 15) is 4.79 Å². The number of hydrogen-bond donors (Lipinski definition) is 1. The van der Waals surface area contributed by atoms with Crippen LogP contribution >= 0.6 is 0 Å². The Bertz CT molecular complexity index is 1070. The smallest absolute Gasteiger partial charge is 0.291 e. The number of nitrogens with one attached hydrogen (secondary N) is 1. The molecule has 7 nitrogen and oxygen atoms in total. The minimum absolute atomic E-state index is 0.0771. The number of hydrogen-bond acceptors (Lipinski definition) is 5. The molecule has 28 heavy (non-hydrogen) atoms. The fourth-order valence-corrected chi connectivity index (χ4v) is 2.77. The maximum atomic E-state index is 12.6. The van der Waals surface area contributed by atoms with Crippen molar-refractivity contribution in [1.82, 2.24) is 20.1 Å². The van der Waals surface area contributed by atoms with Gasteiger partial charge in [-0.1, -0.05) is 30.3 Å². The molecule has 0 fully saturated rings. The summed E-state index contributed by atoms with van der Waals surface area (Å²) < 4.78 is 12.2. The lowest BCUT2D eigenvalue weighted by atomic mass is 10.2. The van der Waals surface area contributed by atoms with Crippen molar-refractivity contribution in [2.24, 2.45) is 0 Å². The summed E-state index contributed by atoms with van der Waals surface area (Å²) >= 11 is 0. The fourth-order valence-electron chi connectivity index (χ4n) is 2.77. The van der Waals surface area contributed by atoms with Gasteiger partial charge >= 0.3 is 0 Å². The number of carbonyl (C=O) groups is 1. The van der Waals surface area contributed by atoms with Gasteiger partial charge in [-0.3, -0.25) is 4.79 Å².